The van der Waals surface area contributed by atoms with Gasteiger partial charge in [0.25, 0.3) is 0 Å². The maximum atomic E-state index is 13.2. The standard InChI is InChI=1S/C25H21Cl3N2O3/c26-19-7-1-16(2-8-19)14-29-25(24(32)33)13-22(31)30(15-17-3-9-20(27)10-4-17)23(25)18-5-11-21(28)12-6-18/h1-12,23,29H,13-15H2,(H,32,33). The second-order valence-corrected chi connectivity index (χ2v) is 9.34. The number of likely N-dealkylation sites (tertiary alicyclic amines) is 1. The lowest BCUT2D eigenvalue weighted by atomic mass is 9.85. The van der Waals surface area contributed by atoms with Crippen molar-refractivity contribution in [2.75, 3.05) is 0 Å². The lowest BCUT2D eigenvalue weighted by molar-refractivity contribution is -0.146. The predicted molar refractivity (Wildman–Crippen MR) is 129 cm³/mol. The van der Waals surface area contributed by atoms with Crippen LogP contribution in [0.3, 0.4) is 0 Å². The van der Waals surface area contributed by atoms with Crippen molar-refractivity contribution in [3.63, 3.8) is 0 Å². The highest BCUT2D eigenvalue weighted by molar-refractivity contribution is 6.31. The van der Waals surface area contributed by atoms with Crippen LogP contribution in [0.5, 0.6) is 0 Å². The van der Waals surface area contributed by atoms with Gasteiger partial charge in [-0.3, -0.25) is 14.9 Å². The van der Waals surface area contributed by atoms with Crippen molar-refractivity contribution in [2.24, 2.45) is 0 Å². The number of hydrogen-bond donors (Lipinski definition) is 2. The Morgan fingerprint density at radius 3 is 1.88 bits per heavy atom. The second kappa shape index (κ2) is 9.74. The van der Waals surface area contributed by atoms with E-state index < -0.39 is 17.6 Å². The van der Waals surface area contributed by atoms with E-state index >= 15 is 0 Å². The number of benzene rings is 3. The van der Waals surface area contributed by atoms with Gasteiger partial charge in [-0.05, 0) is 53.1 Å². The van der Waals surface area contributed by atoms with Crippen LogP contribution in [0, 0.1) is 0 Å². The fourth-order valence-electron chi connectivity index (χ4n) is 4.21. The molecular weight excluding hydrogens is 483 g/mol. The van der Waals surface area contributed by atoms with Crippen molar-refractivity contribution in [1.29, 1.82) is 0 Å². The molecule has 3 aromatic rings. The van der Waals surface area contributed by atoms with Gasteiger partial charge in [0.15, 0.2) is 5.54 Å². The van der Waals surface area contributed by atoms with Gasteiger partial charge in [-0.25, -0.2) is 0 Å². The fraction of sp³-hybridized carbons (Fsp3) is 0.200. The van der Waals surface area contributed by atoms with Gasteiger partial charge in [0.1, 0.15) is 0 Å². The van der Waals surface area contributed by atoms with E-state index in [4.69, 9.17) is 34.8 Å². The highest BCUT2D eigenvalue weighted by Gasteiger charge is 2.57. The van der Waals surface area contributed by atoms with Crippen molar-refractivity contribution in [3.8, 4) is 0 Å². The number of carboxylic acid groups (broad SMARTS) is 1. The monoisotopic (exact) mass is 502 g/mol. The van der Waals surface area contributed by atoms with Gasteiger partial charge < -0.3 is 10.0 Å². The summed E-state index contributed by atoms with van der Waals surface area (Å²) in [5.74, 6) is -1.35. The average Bonchev–Trinajstić information content (AvgIpc) is 3.08. The molecule has 1 fully saturated rings. The van der Waals surface area contributed by atoms with Gasteiger partial charge in [0.2, 0.25) is 5.91 Å². The minimum Gasteiger partial charge on any atom is -0.480 e. The number of nitrogens with zero attached hydrogens (tertiary/aromatic N) is 1. The van der Waals surface area contributed by atoms with Crippen LogP contribution in [0.2, 0.25) is 15.1 Å². The molecular formula is C25H21Cl3N2O3. The molecule has 3 aromatic carbocycles. The first kappa shape index (κ1) is 23.6. The Kier molecular flexibility index (Phi) is 6.96. The number of hydrogen-bond acceptors (Lipinski definition) is 3. The summed E-state index contributed by atoms with van der Waals surface area (Å²) in [5, 5.41) is 15.3. The topological polar surface area (TPSA) is 69.6 Å². The second-order valence-electron chi connectivity index (χ2n) is 8.04. The number of nitrogens with one attached hydrogen (secondary N) is 1. The van der Waals surface area contributed by atoms with Crippen LogP contribution in [-0.4, -0.2) is 27.4 Å². The van der Waals surface area contributed by atoms with Crippen molar-refractivity contribution >= 4 is 46.7 Å². The zero-order valence-electron chi connectivity index (χ0n) is 17.5. The molecule has 1 aliphatic heterocycles. The van der Waals surface area contributed by atoms with E-state index in [1.54, 1.807) is 53.4 Å². The van der Waals surface area contributed by atoms with E-state index in [1.807, 2.05) is 24.3 Å². The van der Waals surface area contributed by atoms with Crippen molar-refractivity contribution in [1.82, 2.24) is 10.2 Å². The number of rotatable bonds is 7. The third-order valence-corrected chi connectivity index (χ3v) is 6.64. The van der Waals surface area contributed by atoms with Crippen molar-refractivity contribution in [2.45, 2.75) is 31.1 Å². The molecule has 5 nitrogen and oxygen atoms in total. The van der Waals surface area contributed by atoms with Crippen molar-refractivity contribution < 1.29 is 14.7 Å². The van der Waals surface area contributed by atoms with E-state index in [2.05, 4.69) is 5.32 Å². The molecule has 0 spiro atoms. The molecule has 33 heavy (non-hydrogen) atoms. The molecule has 0 aromatic heterocycles. The largest absolute Gasteiger partial charge is 0.480 e. The number of aliphatic carboxylic acids is 1. The van der Waals surface area contributed by atoms with Crippen LogP contribution >= 0.6 is 34.8 Å². The Morgan fingerprint density at radius 1 is 0.879 bits per heavy atom. The molecule has 170 valence electrons. The minimum atomic E-state index is -1.53. The lowest BCUT2D eigenvalue weighted by Crippen LogP contribution is -2.55. The highest BCUT2D eigenvalue weighted by Crippen LogP contribution is 2.43. The van der Waals surface area contributed by atoms with Gasteiger partial charge in [-0.15, -0.1) is 0 Å². The molecule has 0 radical (unpaired) electrons. The highest BCUT2D eigenvalue weighted by atomic mass is 35.5. The Labute approximate surface area is 206 Å². The summed E-state index contributed by atoms with van der Waals surface area (Å²) in [6, 6.07) is 20.5. The molecule has 2 atom stereocenters. The number of amides is 1. The van der Waals surface area contributed by atoms with Gasteiger partial charge >= 0.3 is 5.97 Å². The average molecular weight is 504 g/mol. The molecule has 1 amide bonds. The summed E-state index contributed by atoms with van der Waals surface area (Å²) in [6.45, 7) is 0.510. The molecule has 1 aliphatic rings. The summed E-state index contributed by atoms with van der Waals surface area (Å²) in [5.41, 5.74) is 0.867. The Hall–Kier alpha value is -2.57. The fourth-order valence-corrected chi connectivity index (χ4v) is 4.59. The SMILES string of the molecule is O=C1CC(NCc2ccc(Cl)cc2)(C(=O)O)C(c2ccc(Cl)cc2)N1Cc1ccc(Cl)cc1. The van der Waals surface area contributed by atoms with Crippen LogP contribution in [0.1, 0.15) is 29.2 Å². The van der Waals surface area contributed by atoms with E-state index in [9.17, 15) is 14.7 Å². The van der Waals surface area contributed by atoms with Crippen LogP contribution in [-0.2, 0) is 22.7 Å². The van der Waals surface area contributed by atoms with E-state index in [1.165, 1.54) is 0 Å². The molecule has 8 heteroatoms. The van der Waals surface area contributed by atoms with E-state index in [0.717, 1.165) is 11.1 Å². The first-order valence-electron chi connectivity index (χ1n) is 10.3. The van der Waals surface area contributed by atoms with Gasteiger partial charge in [-0.1, -0.05) is 71.2 Å². The summed E-state index contributed by atoms with van der Waals surface area (Å²) in [6.07, 6.45) is -0.184. The van der Waals surface area contributed by atoms with Crippen molar-refractivity contribution in [3.05, 3.63) is 105 Å². The minimum absolute atomic E-state index is 0.184. The smallest absolute Gasteiger partial charge is 0.326 e. The molecule has 0 aliphatic carbocycles. The van der Waals surface area contributed by atoms with Gasteiger partial charge in [0, 0.05) is 28.2 Å². The third-order valence-electron chi connectivity index (χ3n) is 5.88. The normalized spacial score (nSPS) is 20.3. The molecule has 0 saturated carbocycles. The Morgan fingerprint density at radius 2 is 1.36 bits per heavy atom. The van der Waals surface area contributed by atoms with E-state index in [0.29, 0.717) is 20.6 Å². The molecule has 2 N–H and O–H groups in total. The Balaban J connectivity index is 1.73. The third kappa shape index (κ3) is 5.02. The molecule has 2 unspecified atom stereocenters. The van der Waals surface area contributed by atoms with Crippen LogP contribution in [0.15, 0.2) is 72.8 Å². The Bertz CT molecular complexity index is 1150. The first-order valence-corrected chi connectivity index (χ1v) is 11.4. The maximum absolute atomic E-state index is 13.2. The summed E-state index contributed by atoms with van der Waals surface area (Å²) in [7, 11) is 0. The van der Waals surface area contributed by atoms with E-state index in [-0.39, 0.29) is 25.4 Å². The van der Waals surface area contributed by atoms with Gasteiger partial charge in [0.05, 0.1) is 12.5 Å². The molecule has 1 saturated heterocycles. The predicted octanol–water partition coefficient (Wildman–Crippen LogP) is 5.73. The van der Waals surface area contributed by atoms with Crippen LogP contribution in [0.25, 0.3) is 0 Å². The molecule has 1 heterocycles. The zero-order valence-corrected chi connectivity index (χ0v) is 19.7. The lowest BCUT2D eigenvalue weighted by Gasteiger charge is -2.36. The number of halogens is 3. The van der Waals surface area contributed by atoms with Crippen LogP contribution in [0.4, 0.5) is 0 Å². The van der Waals surface area contributed by atoms with Gasteiger partial charge in [-0.2, -0.15) is 0 Å². The summed E-state index contributed by atoms with van der Waals surface area (Å²) >= 11 is 18.1. The van der Waals surface area contributed by atoms with Crippen LogP contribution < -0.4 is 5.32 Å². The molecule has 0 bridgehead atoms. The number of carbonyl (C=O) groups excluding carboxylic acids is 1. The quantitative estimate of drug-likeness (QED) is 0.432. The first-order chi connectivity index (χ1) is 15.8. The summed E-state index contributed by atoms with van der Waals surface area (Å²) in [4.78, 5) is 27.6. The molecule has 4 rings (SSSR count). The number of carbonyl (C=O) groups is 2. The summed E-state index contributed by atoms with van der Waals surface area (Å²) < 4.78 is 0. The zero-order chi connectivity index (χ0) is 23.6. The maximum Gasteiger partial charge on any atom is 0.326 e. The number of carboxylic acids is 1.